The van der Waals surface area contributed by atoms with Gasteiger partial charge in [-0.3, -0.25) is 9.98 Å². The van der Waals surface area contributed by atoms with Crippen LogP contribution in [0.25, 0.3) is 0 Å². The van der Waals surface area contributed by atoms with Gasteiger partial charge in [0.25, 0.3) is 0 Å². The van der Waals surface area contributed by atoms with Crippen LogP contribution in [0.4, 0.5) is 0 Å². The molecule has 0 heterocycles. The van der Waals surface area contributed by atoms with Crippen molar-refractivity contribution >= 4 is 30.5 Å². The minimum atomic E-state index is 0. The summed E-state index contributed by atoms with van der Waals surface area (Å²) >= 11 is 0. The summed E-state index contributed by atoms with van der Waals surface area (Å²) in [5.74, 6) is 1.94. The molecule has 0 aliphatic heterocycles. The summed E-state index contributed by atoms with van der Waals surface area (Å²) in [6.45, 7) is 3.83. The molecule has 0 atom stereocenters. The Bertz CT molecular complexity index is 136. The van der Waals surface area contributed by atoms with Crippen LogP contribution < -0.4 is 10.6 Å². The molecule has 0 aromatic rings. The van der Waals surface area contributed by atoms with E-state index in [9.17, 15) is 0 Å². The fourth-order valence-electron chi connectivity index (χ4n) is 0.224. The Morgan fingerprint density at radius 1 is 0.846 bits per heavy atom. The average Bonchev–Trinajstić information content (AvgIpc) is 2.16. The molecule has 4 nitrogen and oxygen atoms in total. The van der Waals surface area contributed by atoms with E-state index >= 15 is 0 Å². The molecule has 0 saturated carbocycles. The third-order valence-electron chi connectivity index (χ3n) is 1.39. The maximum Gasteiger partial charge on any atom is 0.0925 e. The van der Waals surface area contributed by atoms with Gasteiger partial charge in [0, 0.05) is 47.1 Å². The molecule has 73 valence electrons. The van der Waals surface area contributed by atoms with Gasteiger partial charge >= 0.3 is 0 Å². The molecule has 0 fully saturated rings. The van der Waals surface area contributed by atoms with Crippen molar-refractivity contribution in [1.82, 2.24) is 10.6 Å². The molecule has 0 amide bonds. The van der Waals surface area contributed by atoms with Crippen molar-refractivity contribution in [3.63, 3.8) is 0 Å². The molecule has 0 rings (SSSR count). The number of amidine groups is 2. The molecule has 0 aliphatic carbocycles. The first-order valence-corrected chi connectivity index (χ1v) is 3.84. The molecule has 0 spiro atoms. The Hall–Kier alpha value is -0.463. The second kappa shape index (κ2) is 14.1. The number of hydrogen-bond acceptors (Lipinski definition) is 2. The van der Waals surface area contributed by atoms with Crippen LogP contribution in [-0.2, 0) is 0 Å². The van der Waals surface area contributed by atoms with Crippen molar-refractivity contribution < 1.29 is 0 Å². The second-order valence-corrected chi connectivity index (χ2v) is 2.12. The fourth-order valence-corrected chi connectivity index (χ4v) is 0.224. The van der Waals surface area contributed by atoms with Crippen molar-refractivity contribution in [1.29, 1.82) is 0 Å². The molecular weight excluding hydrogens is 159 g/mol. The van der Waals surface area contributed by atoms with Crippen molar-refractivity contribution in [2.75, 3.05) is 28.2 Å². The minimum Gasteiger partial charge on any atom is -0.377 e. The normalized spacial score (nSPS) is 10.6. The fraction of sp³-hybridized carbons (Fsp3) is 0.750. The van der Waals surface area contributed by atoms with E-state index < -0.39 is 0 Å². The number of nitrogens with zero attached hydrogens (tertiary/aromatic N) is 2. The van der Waals surface area contributed by atoms with E-state index in [1.165, 1.54) is 0 Å². The number of nitrogens with one attached hydrogen (secondary N) is 2. The van der Waals surface area contributed by atoms with Crippen LogP contribution in [0.15, 0.2) is 9.98 Å². The van der Waals surface area contributed by atoms with Crippen LogP contribution in [0.1, 0.15) is 13.8 Å². The van der Waals surface area contributed by atoms with E-state index in [1.54, 1.807) is 14.1 Å². The molecule has 5 heteroatoms. The number of rotatable bonds is 0. The first-order chi connectivity index (χ1) is 5.62. The minimum absolute atomic E-state index is 0. The number of aliphatic imine (C=N–C) groups is 2. The van der Waals surface area contributed by atoms with Gasteiger partial charge in [0.2, 0.25) is 0 Å². The van der Waals surface area contributed by atoms with Crippen LogP contribution in [0, 0.1) is 0 Å². The summed E-state index contributed by atoms with van der Waals surface area (Å²) in [5.41, 5.74) is 0. The molecule has 13 heavy (non-hydrogen) atoms. The van der Waals surface area contributed by atoms with E-state index in [-0.39, 0.29) is 18.9 Å². The summed E-state index contributed by atoms with van der Waals surface area (Å²) in [6.07, 6.45) is 0. The summed E-state index contributed by atoms with van der Waals surface area (Å²) in [6, 6.07) is 0. The van der Waals surface area contributed by atoms with Crippen LogP contribution in [-0.4, -0.2) is 58.7 Å². The standard InChI is InChI=1S/2C4H10N2.Li/c2*1-4(5-2)6-3;/h2*1-3H3,(H,5,6);. The van der Waals surface area contributed by atoms with Gasteiger partial charge in [0.15, 0.2) is 0 Å². The van der Waals surface area contributed by atoms with Crippen molar-refractivity contribution in [2.45, 2.75) is 13.8 Å². The molecule has 0 bridgehead atoms. The maximum atomic E-state index is 3.81. The van der Waals surface area contributed by atoms with Gasteiger partial charge in [-0.1, -0.05) is 0 Å². The summed E-state index contributed by atoms with van der Waals surface area (Å²) in [4.78, 5) is 7.62. The third kappa shape index (κ3) is 18.5. The van der Waals surface area contributed by atoms with Crippen LogP contribution >= 0.6 is 0 Å². The first kappa shape index (κ1) is 18.3. The zero-order valence-corrected chi connectivity index (χ0v) is 9.89. The first-order valence-electron chi connectivity index (χ1n) is 3.84. The largest absolute Gasteiger partial charge is 0.377 e. The second-order valence-electron chi connectivity index (χ2n) is 2.12. The molecule has 0 aromatic heterocycles. The molecule has 0 aromatic carbocycles. The number of hydrogen-bond donors (Lipinski definition) is 2. The van der Waals surface area contributed by atoms with E-state index in [4.69, 9.17) is 0 Å². The van der Waals surface area contributed by atoms with E-state index in [0.29, 0.717) is 0 Å². The summed E-state index contributed by atoms with van der Waals surface area (Å²) in [5, 5.41) is 5.73. The maximum absolute atomic E-state index is 3.81. The van der Waals surface area contributed by atoms with Crippen LogP contribution in [0.5, 0.6) is 0 Å². The van der Waals surface area contributed by atoms with E-state index in [0.717, 1.165) is 11.7 Å². The van der Waals surface area contributed by atoms with Gasteiger partial charge in [-0.05, 0) is 13.8 Å². The smallest absolute Gasteiger partial charge is 0.0925 e. The van der Waals surface area contributed by atoms with Crippen LogP contribution in [0.3, 0.4) is 0 Å². The topological polar surface area (TPSA) is 48.8 Å². The SMILES string of the molecule is CN=C(C)NC.CN=C(C)NC.[Li]. The quantitative estimate of drug-likeness (QED) is 0.315. The van der Waals surface area contributed by atoms with Gasteiger partial charge in [0.1, 0.15) is 0 Å². The van der Waals surface area contributed by atoms with E-state index in [2.05, 4.69) is 20.6 Å². The van der Waals surface area contributed by atoms with Gasteiger partial charge in [-0.25, -0.2) is 0 Å². The third-order valence-corrected chi connectivity index (χ3v) is 1.39. The molecule has 0 unspecified atom stereocenters. The molecule has 0 aliphatic rings. The zero-order valence-electron chi connectivity index (χ0n) is 9.89. The Morgan fingerprint density at radius 3 is 1.08 bits per heavy atom. The molecule has 0 saturated heterocycles. The molecular formula is C8H20LiN4. The Morgan fingerprint density at radius 2 is 1.08 bits per heavy atom. The van der Waals surface area contributed by atoms with Gasteiger partial charge < -0.3 is 10.6 Å². The Kier molecular flexibility index (Phi) is 19.9. The van der Waals surface area contributed by atoms with Gasteiger partial charge in [0.05, 0.1) is 11.7 Å². The van der Waals surface area contributed by atoms with Crippen molar-refractivity contribution in [3.05, 3.63) is 0 Å². The Labute approximate surface area is 93.5 Å². The van der Waals surface area contributed by atoms with Crippen LogP contribution in [0.2, 0.25) is 0 Å². The molecule has 2 N–H and O–H groups in total. The van der Waals surface area contributed by atoms with Gasteiger partial charge in [-0.2, -0.15) is 0 Å². The van der Waals surface area contributed by atoms with E-state index in [1.807, 2.05) is 27.9 Å². The predicted molar refractivity (Wildman–Crippen MR) is 61.9 cm³/mol. The molecule has 1 radical (unpaired) electrons. The summed E-state index contributed by atoms with van der Waals surface area (Å²) < 4.78 is 0. The van der Waals surface area contributed by atoms with Gasteiger partial charge in [-0.15, -0.1) is 0 Å². The van der Waals surface area contributed by atoms with Crippen molar-refractivity contribution in [3.8, 4) is 0 Å². The average molecular weight is 179 g/mol. The monoisotopic (exact) mass is 179 g/mol. The Balaban J connectivity index is -0.000000143. The zero-order chi connectivity index (χ0) is 9.98. The summed E-state index contributed by atoms with van der Waals surface area (Å²) in [7, 11) is 7.21. The van der Waals surface area contributed by atoms with Crippen molar-refractivity contribution in [2.24, 2.45) is 9.98 Å². The predicted octanol–water partition coefficient (Wildman–Crippen LogP) is 0.127.